The number of ether oxygens (including phenoxy) is 1. The van der Waals surface area contributed by atoms with Crippen molar-refractivity contribution < 1.29 is 22.3 Å². The first kappa shape index (κ1) is 23.7. The number of pyridine rings is 1. The number of benzene rings is 2. The van der Waals surface area contributed by atoms with Crippen LogP contribution in [-0.2, 0) is 6.18 Å². The third kappa shape index (κ3) is 5.24. The summed E-state index contributed by atoms with van der Waals surface area (Å²) in [6, 6.07) is 10.3. The topological polar surface area (TPSA) is 90.4 Å². The van der Waals surface area contributed by atoms with Crippen molar-refractivity contribution in [1.82, 2.24) is 14.5 Å². The van der Waals surface area contributed by atoms with E-state index < -0.39 is 17.6 Å². The van der Waals surface area contributed by atoms with Crippen LogP contribution in [0.2, 0.25) is 0 Å². The van der Waals surface area contributed by atoms with Crippen LogP contribution in [0.15, 0.2) is 72.2 Å². The Morgan fingerprint density at radius 2 is 1.89 bits per heavy atom. The van der Waals surface area contributed by atoms with Crippen LogP contribution < -0.4 is 15.8 Å². The summed E-state index contributed by atoms with van der Waals surface area (Å²) in [5.41, 5.74) is 6.94. The largest absolute Gasteiger partial charge is 0.494 e. The quantitative estimate of drug-likeness (QED) is 0.223. The predicted octanol–water partition coefficient (Wildman–Crippen LogP) is 5.47. The van der Waals surface area contributed by atoms with Gasteiger partial charge in [-0.25, -0.2) is 14.4 Å². The summed E-state index contributed by atoms with van der Waals surface area (Å²) in [6.07, 6.45) is 0.253. The molecule has 0 bridgehead atoms. The Morgan fingerprint density at radius 3 is 2.57 bits per heavy atom. The Kier molecular flexibility index (Phi) is 6.41. The van der Waals surface area contributed by atoms with E-state index in [0.29, 0.717) is 17.5 Å². The molecule has 0 unspecified atom stereocenters. The smallest absolute Gasteiger partial charge is 0.416 e. The molecule has 2 aromatic carbocycles. The van der Waals surface area contributed by atoms with E-state index in [9.17, 15) is 17.6 Å². The normalized spacial score (nSPS) is 12.0. The highest BCUT2D eigenvalue weighted by atomic mass is 19.4. The fraction of sp³-hybridized carbons (Fsp3) is 0.125. The number of nitrogens with one attached hydrogen (secondary N) is 1. The van der Waals surface area contributed by atoms with Crippen molar-refractivity contribution in [1.29, 1.82) is 0 Å². The van der Waals surface area contributed by atoms with Crippen LogP contribution >= 0.6 is 0 Å². The van der Waals surface area contributed by atoms with Crippen molar-refractivity contribution in [2.45, 2.75) is 13.1 Å². The lowest BCUT2D eigenvalue weighted by Crippen LogP contribution is -2.22. The van der Waals surface area contributed by atoms with Crippen LogP contribution in [0, 0.1) is 12.7 Å². The number of nitrogens with two attached hydrogens (primary N) is 1. The van der Waals surface area contributed by atoms with E-state index in [1.807, 2.05) is 13.1 Å². The lowest BCUT2D eigenvalue weighted by molar-refractivity contribution is -0.137. The third-order valence-corrected chi connectivity index (χ3v) is 5.04. The number of anilines is 1. The van der Waals surface area contributed by atoms with Crippen LogP contribution in [0.1, 0.15) is 11.3 Å². The van der Waals surface area contributed by atoms with Crippen LogP contribution in [0.3, 0.4) is 0 Å². The zero-order valence-corrected chi connectivity index (χ0v) is 18.6. The molecule has 0 aliphatic rings. The minimum absolute atomic E-state index is 0.0480. The van der Waals surface area contributed by atoms with Crippen LogP contribution in [0.25, 0.3) is 16.8 Å². The van der Waals surface area contributed by atoms with Crippen molar-refractivity contribution in [3.63, 3.8) is 0 Å². The molecule has 4 aromatic rings. The fourth-order valence-corrected chi connectivity index (χ4v) is 3.42. The molecular weight excluding hydrogens is 464 g/mol. The number of guanidine groups is 1. The molecule has 0 aliphatic heterocycles. The molecule has 2 heterocycles. The number of rotatable bonds is 5. The minimum atomic E-state index is -4.63. The molecule has 4 rings (SSSR count). The van der Waals surface area contributed by atoms with E-state index in [2.05, 4.69) is 20.3 Å². The van der Waals surface area contributed by atoms with Gasteiger partial charge < -0.3 is 20.4 Å². The summed E-state index contributed by atoms with van der Waals surface area (Å²) < 4.78 is 61.2. The molecule has 3 N–H and O–H groups in total. The van der Waals surface area contributed by atoms with Gasteiger partial charge in [-0.15, -0.1) is 0 Å². The van der Waals surface area contributed by atoms with Crippen molar-refractivity contribution in [2.75, 3.05) is 12.4 Å². The van der Waals surface area contributed by atoms with Crippen molar-refractivity contribution in [3.8, 4) is 22.6 Å². The van der Waals surface area contributed by atoms with Crippen LogP contribution in [-0.4, -0.2) is 27.6 Å². The van der Waals surface area contributed by atoms with Gasteiger partial charge in [0.15, 0.2) is 11.8 Å². The van der Waals surface area contributed by atoms with E-state index in [-0.39, 0.29) is 22.9 Å². The van der Waals surface area contributed by atoms with Crippen molar-refractivity contribution in [2.24, 2.45) is 10.7 Å². The minimum Gasteiger partial charge on any atom is -0.494 e. The Balaban J connectivity index is 1.65. The second-order valence-electron chi connectivity index (χ2n) is 7.50. The van der Waals surface area contributed by atoms with Crippen LogP contribution in [0.5, 0.6) is 5.75 Å². The van der Waals surface area contributed by atoms with Gasteiger partial charge in [0.25, 0.3) is 0 Å². The van der Waals surface area contributed by atoms with Gasteiger partial charge in [0.05, 0.1) is 30.4 Å². The molecule has 0 aliphatic carbocycles. The number of imidazole rings is 1. The highest BCUT2D eigenvalue weighted by molar-refractivity contribution is 5.95. The van der Waals surface area contributed by atoms with Gasteiger partial charge in [0.1, 0.15) is 11.6 Å². The summed E-state index contributed by atoms with van der Waals surface area (Å²) in [5.74, 6) is -0.465. The number of methoxy groups -OCH3 is 1. The van der Waals surface area contributed by atoms with E-state index in [0.717, 1.165) is 23.5 Å². The first-order chi connectivity index (χ1) is 16.7. The summed E-state index contributed by atoms with van der Waals surface area (Å²) in [4.78, 5) is 12.4. The molecule has 0 atom stereocenters. The number of hydrogen-bond acceptors (Lipinski definition) is 4. The standard InChI is InChI=1S/C24H20F4N6O/c1-14-12-34(13-31-14)20-8-6-16(11-21(20)35-2)32-23(29)33-22-17(4-3-9-30-22)18-10-15(24(26,27)28)5-7-19(18)25/h3-13H,1-2H3,(H3,29,30,32,33). The molecule has 0 spiro atoms. The lowest BCUT2D eigenvalue weighted by Gasteiger charge is -2.13. The number of aromatic nitrogens is 3. The zero-order valence-electron chi connectivity index (χ0n) is 18.6. The second-order valence-corrected chi connectivity index (χ2v) is 7.50. The molecule has 180 valence electrons. The molecule has 0 radical (unpaired) electrons. The highest BCUT2D eigenvalue weighted by Crippen LogP contribution is 2.36. The lowest BCUT2D eigenvalue weighted by atomic mass is 10.0. The molecular formula is C24H20F4N6O. The Bertz CT molecular complexity index is 1400. The molecule has 0 fully saturated rings. The summed E-state index contributed by atoms with van der Waals surface area (Å²) in [6.45, 7) is 1.87. The monoisotopic (exact) mass is 484 g/mol. The van der Waals surface area contributed by atoms with Crippen LogP contribution in [0.4, 0.5) is 29.1 Å². The molecule has 7 nitrogen and oxygen atoms in total. The highest BCUT2D eigenvalue weighted by Gasteiger charge is 2.31. The number of aliphatic imine (C=N–C) groups is 1. The van der Waals surface area contributed by atoms with E-state index in [1.165, 1.54) is 25.4 Å². The first-order valence-electron chi connectivity index (χ1n) is 10.3. The average molecular weight is 484 g/mol. The third-order valence-electron chi connectivity index (χ3n) is 5.04. The number of alkyl halides is 3. The van der Waals surface area contributed by atoms with Crippen molar-refractivity contribution >= 4 is 17.5 Å². The molecule has 0 saturated heterocycles. The number of nitrogens with zero attached hydrogens (tertiary/aromatic N) is 4. The van der Waals surface area contributed by atoms with Crippen molar-refractivity contribution in [3.05, 3.63) is 84.3 Å². The van der Waals surface area contributed by atoms with E-state index in [1.54, 1.807) is 29.1 Å². The number of halogens is 4. The molecule has 11 heteroatoms. The maximum absolute atomic E-state index is 14.5. The maximum Gasteiger partial charge on any atom is 0.416 e. The second kappa shape index (κ2) is 9.45. The SMILES string of the molecule is COc1cc(N/C(N)=N/c2ncccc2-c2cc(C(F)(F)F)ccc2F)ccc1-n1cnc(C)c1. The molecule has 35 heavy (non-hydrogen) atoms. The Morgan fingerprint density at radius 1 is 1.09 bits per heavy atom. The average Bonchev–Trinajstić information content (AvgIpc) is 3.25. The fourth-order valence-electron chi connectivity index (χ4n) is 3.42. The molecule has 0 saturated carbocycles. The van der Waals surface area contributed by atoms with Gasteiger partial charge in [-0.05, 0) is 49.4 Å². The number of hydrogen-bond donors (Lipinski definition) is 2. The molecule has 0 amide bonds. The van der Waals surface area contributed by atoms with E-state index >= 15 is 0 Å². The number of aryl methyl sites for hydroxylation is 1. The Labute approximate surface area is 197 Å². The Hall–Kier alpha value is -4.41. The van der Waals surface area contributed by atoms with Gasteiger partial charge in [0, 0.05) is 35.3 Å². The van der Waals surface area contributed by atoms with E-state index in [4.69, 9.17) is 10.5 Å². The summed E-state index contributed by atoms with van der Waals surface area (Å²) in [5, 5.41) is 2.89. The summed E-state index contributed by atoms with van der Waals surface area (Å²) >= 11 is 0. The predicted molar refractivity (Wildman–Crippen MR) is 124 cm³/mol. The first-order valence-corrected chi connectivity index (χ1v) is 10.3. The maximum atomic E-state index is 14.5. The van der Waals surface area contributed by atoms with Gasteiger partial charge in [-0.3, -0.25) is 0 Å². The van der Waals surface area contributed by atoms with Gasteiger partial charge >= 0.3 is 6.18 Å². The van der Waals surface area contributed by atoms with Gasteiger partial charge in [-0.2, -0.15) is 18.2 Å². The molecule has 2 aromatic heterocycles. The zero-order chi connectivity index (χ0) is 25.2. The van der Waals surface area contributed by atoms with Gasteiger partial charge in [0.2, 0.25) is 0 Å². The van der Waals surface area contributed by atoms with Gasteiger partial charge in [-0.1, -0.05) is 0 Å². The summed E-state index contributed by atoms with van der Waals surface area (Å²) in [7, 11) is 1.52.